The van der Waals surface area contributed by atoms with Crippen molar-refractivity contribution in [2.24, 2.45) is 11.5 Å². The maximum absolute atomic E-state index is 5.57. The summed E-state index contributed by atoms with van der Waals surface area (Å²) in [5, 5.41) is 7.03. The van der Waals surface area contributed by atoms with E-state index in [2.05, 4.69) is 29.0 Å². The summed E-state index contributed by atoms with van der Waals surface area (Å²) >= 11 is 0. The normalized spacial score (nSPS) is 14.7. The third kappa shape index (κ3) is 31.9. The summed E-state index contributed by atoms with van der Waals surface area (Å²) < 4.78 is 0. The summed E-state index contributed by atoms with van der Waals surface area (Å²) in [4.78, 5) is 1.69. The van der Waals surface area contributed by atoms with Gasteiger partial charge in [0.05, 0.1) is 12.7 Å². The molecule has 1 heterocycles. The Labute approximate surface area is 288 Å². The van der Waals surface area contributed by atoms with Crippen molar-refractivity contribution in [3.05, 3.63) is 23.9 Å². The van der Waals surface area contributed by atoms with Crippen LogP contribution in [0.5, 0.6) is 0 Å². The van der Waals surface area contributed by atoms with Crippen LogP contribution in [0.3, 0.4) is 0 Å². The summed E-state index contributed by atoms with van der Waals surface area (Å²) in [6.45, 7) is 8.68. The van der Waals surface area contributed by atoms with Gasteiger partial charge in [-0.3, -0.25) is 0 Å². The summed E-state index contributed by atoms with van der Waals surface area (Å²) in [6.07, 6.45) is 47.8. The lowest BCUT2D eigenvalue weighted by atomic mass is 10.0. The van der Waals surface area contributed by atoms with Gasteiger partial charge in [-0.25, -0.2) is 0 Å². The SMILES string of the molecule is NCCCCCCCCCCCCCCCC[NH+]1C=C(CCCCCCCCCCCCCCNCCCNCCCN)C=CC1. The van der Waals surface area contributed by atoms with Gasteiger partial charge in [0.15, 0.2) is 0 Å². The summed E-state index contributed by atoms with van der Waals surface area (Å²) in [6, 6.07) is 0. The van der Waals surface area contributed by atoms with Gasteiger partial charge in [-0.05, 0) is 96.7 Å². The predicted molar refractivity (Wildman–Crippen MR) is 206 cm³/mol. The van der Waals surface area contributed by atoms with E-state index in [-0.39, 0.29) is 0 Å². The van der Waals surface area contributed by atoms with Crippen LogP contribution in [0.1, 0.15) is 186 Å². The predicted octanol–water partition coefficient (Wildman–Crippen LogP) is 8.73. The molecule has 7 N–H and O–H groups in total. The molecule has 0 fully saturated rings. The first-order valence-electron chi connectivity index (χ1n) is 20.9. The average molecular weight is 647 g/mol. The third-order valence-electron chi connectivity index (χ3n) is 9.89. The molecule has 0 aromatic heterocycles. The van der Waals surface area contributed by atoms with Gasteiger partial charge in [0.25, 0.3) is 0 Å². The second kappa shape index (κ2) is 37.1. The van der Waals surface area contributed by atoms with Crippen molar-refractivity contribution < 1.29 is 4.90 Å². The number of quaternary nitrogens is 1. The van der Waals surface area contributed by atoms with Crippen molar-refractivity contribution in [1.82, 2.24) is 10.6 Å². The molecular formula is C41H84N5+. The molecule has 0 saturated carbocycles. The van der Waals surface area contributed by atoms with Crippen LogP contribution in [-0.4, -0.2) is 52.4 Å². The Morgan fingerprint density at radius 3 is 1.33 bits per heavy atom. The van der Waals surface area contributed by atoms with Gasteiger partial charge >= 0.3 is 0 Å². The minimum Gasteiger partial charge on any atom is -0.330 e. The summed E-state index contributed by atoms with van der Waals surface area (Å²) in [5.41, 5.74) is 12.7. The highest BCUT2D eigenvalue weighted by atomic mass is 15.1. The number of nitrogens with one attached hydrogen (secondary N) is 3. The van der Waals surface area contributed by atoms with Crippen molar-refractivity contribution in [3.63, 3.8) is 0 Å². The Bertz CT molecular complexity index is 649. The first-order valence-corrected chi connectivity index (χ1v) is 20.9. The van der Waals surface area contributed by atoms with Crippen molar-refractivity contribution in [2.45, 2.75) is 186 Å². The second-order valence-electron chi connectivity index (χ2n) is 14.5. The highest BCUT2D eigenvalue weighted by Crippen LogP contribution is 2.16. The van der Waals surface area contributed by atoms with Gasteiger partial charge < -0.3 is 27.0 Å². The Kier molecular flexibility index (Phi) is 34.9. The highest BCUT2D eigenvalue weighted by Gasteiger charge is 2.10. The molecule has 5 nitrogen and oxygen atoms in total. The van der Waals surface area contributed by atoms with Gasteiger partial charge in [0.2, 0.25) is 0 Å². The van der Waals surface area contributed by atoms with E-state index >= 15 is 0 Å². The molecule has 1 unspecified atom stereocenters. The van der Waals surface area contributed by atoms with Crippen LogP contribution >= 0.6 is 0 Å². The van der Waals surface area contributed by atoms with Crippen molar-refractivity contribution in [1.29, 1.82) is 0 Å². The standard InChI is InChI=1S/C41H83N5/c42-32-24-20-16-12-8-4-1-2-6-10-14-18-22-26-38-46-39-27-31-41(40-46)30-23-19-15-11-7-3-5-9-13-17-21-25-34-44-36-29-37-45-35-28-33-43/h27,31,40,44-45H,1-26,28-30,32-39,42-43H2/p+1. The van der Waals surface area contributed by atoms with Crippen LogP contribution in [0.4, 0.5) is 0 Å². The smallest absolute Gasteiger partial charge is 0.100 e. The molecule has 272 valence electrons. The van der Waals surface area contributed by atoms with Gasteiger partial charge in [-0.15, -0.1) is 0 Å². The molecule has 1 atom stereocenters. The van der Waals surface area contributed by atoms with Gasteiger partial charge in [0, 0.05) is 5.57 Å². The molecule has 1 rings (SSSR count). The first-order chi connectivity index (χ1) is 22.9. The monoisotopic (exact) mass is 647 g/mol. The van der Waals surface area contributed by atoms with Gasteiger partial charge in [-0.1, -0.05) is 141 Å². The van der Waals surface area contributed by atoms with Gasteiger partial charge in [-0.2, -0.15) is 0 Å². The number of hydrogen-bond donors (Lipinski definition) is 5. The quantitative estimate of drug-likeness (QED) is 0.0435. The molecule has 0 aromatic carbocycles. The van der Waals surface area contributed by atoms with Gasteiger partial charge in [0.1, 0.15) is 6.54 Å². The molecule has 0 amide bonds. The van der Waals surface area contributed by atoms with E-state index in [0.29, 0.717) is 0 Å². The van der Waals surface area contributed by atoms with Crippen LogP contribution in [0.25, 0.3) is 0 Å². The first kappa shape index (κ1) is 43.3. The fourth-order valence-electron chi connectivity index (χ4n) is 6.84. The zero-order valence-electron chi connectivity index (χ0n) is 31.0. The van der Waals surface area contributed by atoms with Crippen LogP contribution in [0.2, 0.25) is 0 Å². The maximum atomic E-state index is 5.57. The van der Waals surface area contributed by atoms with E-state index in [1.54, 1.807) is 10.5 Å². The third-order valence-corrected chi connectivity index (χ3v) is 9.89. The maximum Gasteiger partial charge on any atom is 0.100 e. The molecule has 5 heteroatoms. The largest absolute Gasteiger partial charge is 0.330 e. The molecule has 0 spiro atoms. The summed E-state index contributed by atoms with van der Waals surface area (Å²) in [5.74, 6) is 0. The molecular weight excluding hydrogens is 562 g/mol. The van der Waals surface area contributed by atoms with Crippen LogP contribution in [-0.2, 0) is 0 Å². The highest BCUT2D eigenvalue weighted by molar-refractivity contribution is 5.18. The minimum atomic E-state index is 0.792. The van der Waals surface area contributed by atoms with E-state index in [1.165, 1.54) is 199 Å². The number of nitrogens with two attached hydrogens (primary N) is 2. The zero-order valence-corrected chi connectivity index (χ0v) is 31.0. The lowest BCUT2D eigenvalue weighted by molar-refractivity contribution is -0.841. The number of unbranched alkanes of at least 4 members (excludes halogenated alkanes) is 24. The molecule has 0 bridgehead atoms. The Morgan fingerprint density at radius 1 is 0.435 bits per heavy atom. The van der Waals surface area contributed by atoms with E-state index < -0.39 is 0 Å². The topological polar surface area (TPSA) is 80.5 Å². The zero-order chi connectivity index (χ0) is 32.9. The van der Waals surface area contributed by atoms with E-state index in [9.17, 15) is 0 Å². The van der Waals surface area contributed by atoms with E-state index in [4.69, 9.17) is 11.5 Å². The fraction of sp³-hybridized carbons (Fsp3) is 0.902. The van der Waals surface area contributed by atoms with Crippen molar-refractivity contribution in [2.75, 3.05) is 52.4 Å². The lowest BCUT2D eigenvalue weighted by Crippen LogP contribution is -3.07. The number of allylic oxidation sites excluding steroid dienone is 2. The van der Waals surface area contributed by atoms with Crippen molar-refractivity contribution >= 4 is 0 Å². The average Bonchev–Trinajstić information content (AvgIpc) is 3.07. The Balaban J connectivity index is 1.79. The molecule has 0 aromatic rings. The number of rotatable bonds is 38. The van der Waals surface area contributed by atoms with Crippen LogP contribution in [0, 0.1) is 0 Å². The molecule has 46 heavy (non-hydrogen) atoms. The molecule has 0 saturated heterocycles. The second-order valence-corrected chi connectivity index (χ2v) is 14.5. The number of hydrogen-bond acceptors (Lipinski definition) is 4. The van der Waals surface area contributed by atoms with E-state index in [0.717, 1.165) is 39.1 Å². The Morgan fingerprint density at radius 2 is 0.826 bits per heavy atom. The minimum absolute atomic E-state index is 0.792. The molecule has 1 aliphatic heterocycles. The lowest BCUT2D eigenvalue weighted by Gasteiger charge is -2.18. The van der Waals surface area contributed by atoms with Crippen LogP contribution in [0.15, 0.2) is 23.9 Å². The molecule has 1 aliphatic rings. The van der Waals surface area contributed by atoms with Crippen LogP contribution < -0.4 is 27.0 Å². The fourth-order valence-corrected chi connectivity index (χ4v) is 6.84. The molecule has 0 aliphatic carbocycles. The Hall–Kier alpha value is -0.720. The summed E-state index contributed by atoms with van der Waals surface area (Å²) in [7, 11) is 0. The molecule has 0 radical (unpaired) electrons. The van der Waals surface area contributed by atoms with Crippen molar-refractivity contribution in [3.8, 4) is 0 Å². The van der Waals surface area contributed by atoms with E-state index in [1.807, 2.05) is 0 Å².